The normalized spacial score (nSPS) is 35.0. The van der Waals surface area contributed by atoms with Crippen molar-refractivity contribution in [2.75, 3.05) is 13.2 Å². The first-order valence-electron chi connectivity index (χ1n) is 19.7. The van der Waals surface area contributed by atoms with Crippen molar-refractivity contribution >= 4 is 24.4 Å². The van der Waals surface area contributed by atoms with Gasteiger partial charge in [-0.1, -0.05) is 0 Å². The predicted molar refractivity (Wildman–Crippen MR) is 205 cm³/mol. The van der Waals surface area contributed by atoms with Crippen LogP contribution < -0.4 is 21.3 Å². The largest absolute Gasteiger partial charge is 0.444 e. The number of amides is 4. The number of hydrogen-bond acceptors (Lipinski definition) is 20. The van der Waals surface area contributed by atoms with Crippen molar-refractivity contribution in [2.24, 2.45) is 0 Å². The summed E-state index contributed by atoms with van der Waals surface area (Å²) in [6, 6.07) is -1.62. The van der Waals surface area contributed by atoms with Gasteiger partial charge in [-0.15, -0.1) is 0 Å². The van der Waals surface area contributed by atoms with E-state index in [0.29, 0.717) is 0 Å². The molecule has 3 rings (SSSR count). The van der Waals surface area contributed by atoms with Crippen LogP contribution in [0, 0.1) is 0 Å². The van der Waals surface area contributed by atoms with Crippen LogP contribution in [0.4, 0.5) is 19.2 Å². The number of ether oxygens (including phenoxy) is 9. The molecule has 354 valence electrons. The second-order valence-corrected chi connectivity index (χ2v) is 18.7. The van der Waals surface area contributed by atoms with Crippen LogP contribution in [0.1, 0.15) is 83.1 Å². The first-order valence-corrected chi connectivity index (χ1v) is 19.7. The summed E-state index contributed by atoms with van der Waals surface area (Å²) >= 11 is 0. The lowest BCUT2D eigenvalue weighted by Gasteiger charge is -2.49. The summed E-state index contributed by atoms with van der Waals surface area (Å²) in [5.74, 6) is 0. The van der Waals surface area contributed by atoms with Gasteiger partial charge in [0.15, 0.2) is 25.0 Å². The van der Waals surface area contributed by atoms with E-state index >= 15 is 0 Å². The Balaban J connectivity index is 2.05. The van der Waals surface area contributed by atoms with Crippen molar-refractivity contribution < 1.29 is 97.6 Å². The lowest BCUT2D eigenvalue weighted by molar-refractivity contribution is -0.360. The van der Waals surface area contributed by atoms with Crippen molar-refractivity contribution in [1.82, 2.24) is 21.3 Å². The van der Waals surface area contributed by atoms with Crippen molar-refractivity contribution in [1.29, 1.82) is 0 Å². The zero-order chi connectivity index (χ0) is 46.6. The summed E-state index contributed by atoms with van der Waals surface area (Å²) in [4.78, 5) is 51.4. The SMILES string of the molecule is CC(C)(C)OC(=O)NCC1O[C@H](O[C@@H]2C(NC(=O)OC(C)(C)C)O[C@@H](NC(=O)OC(C)(C)C)[C@@H](O[C@H]3OC(CO)[C@@H](O)[C@@H](NC(=O)OC(C)(C)C)C3O)C2O)[C@@H](O)C(O)[C@@H]1O. The molecule has 3 saturated heterocycles. The molecule has 0 radical (unpaired) electrons. The topological polar surface area (TPSA) is 341 Å². The smallest absolute Gasteiger partial charge is 0.409 e. The highest BCUT2D eigenvalue weighted by Gasteiger charge is 2.55. The molecule has 0 spiro atoms. The number of rotatable bonds is 10. The van der Waals surface area contributed by atoms with E-state index in [1.807, 2.05) is 0 Å². The molecule has 0 aliphatic carbocycles. The number of aliphatic hydroxyl groups is 7. The van der Waals surface area contributed by atoms with Crippen LogP contribution in [-0.2, 0) is 42.6 Å². The van der Waals surface area contributed by atoms with Crippen LogP contribution in [0.5, 0.6) is 0 Å². The number of alkyl carbamates (subject to hydrolysis) is 4. The second kappa shape index (κ2) is 20.4. The molecule has 4 amide bonds. The molecular weight excluding hydrogens is 820 g/mol. The van der Waals surface area contributed by atoms with Crippen molar-refractivity contribution in [3.63, 3.8) is 0 Å². The molecule has 0 bridgehead atoms. The highest BCUT2D eigenvalue weighted by Crippen LogP contribution is 2.33. The van der Waals surface area contributed by atoms with Gasteiger partial charge in [-0.2, -0.15) is 0 Å². The van der Waals surface area contributed by atoms with Crippen LogP contribution in [0.15, 0.2) is 0 Å². The summed E-state index contributed by atoms with van der Waals surface area (Å²) in [6.07, 6.45) is -30.3. The maximum atomic E-state index is 13.2. The molecule has 0 aromatic carbocycles. The van der Waals surface area contributed by atoms with E-state index in [9.17, 15) is 54.9 Å². The number of carbonyl (C=O) groups excluding carboxylic acids is 4. The number of hydrogen-bond donors (Lipinski definition) is 11. The molecule has 11 N–H and O–H groups in total. The molecule has 0 aromatic heterocycles. The third kappa shape index (κ3) is 15.7. The maximum absolute atomic E-state index is 13.2. The summed E-state index contributed by atoms with van der Waals surface area (Å²) in [5, 5.41) is 86.6. The third-order valence-electron chi connectivity index (χ3n) is 8.55. The minimum Gasteiger partial charge on any atom is -0.444 e. The fourth-order valence-corrected chi connectivity index (χ4v) is 6.06. The van der Waals surface area contributed by atoms with Crippen LogP contribution in [0.2, 0.25) is 0 Å². The Morgan fingerprint density at radius 2 is 0.869 bits per heavy atom. The monoisotopic (exact) mass is 886 g/mol. The third-order valence-corrected chi connectivity index (χ3v) is 8.55. The Kier molecular flexibility index (Phi) is 17.4. The average Bonchev–Trinajstić information content (AvgIpc) is 3.07. The first kappa shape index (κ1) is 51.9. The van der Waals surface area contributed by atoms with E-state index in [4.69, 9.17) is 42.6 Å². The first-order chi connectivity index (χ1) is 27.8. The Hall–Kier alpha value is -3.40. The fraction of sp³-hybridized carbons (Fsp3) is 0.892. The fourth-order valence-electron chi connectivity index (χ4n) is 6.06. The Bertz CT molecular complexity index is 1480. The van der Waals surface area contributed by atoms with E-state index in [1.165, 1.54) is 0 Å². The number of nitrogens with one attached hydrogen (secondary N) is 4. The molecule has 61 heavy (non-hydrogen) atoms. The predicted octanol–water partition coefficient (Wildman–Crippen LogP) is -1.49. The van der Waals surface area contributed by atoms with E-state index < -0.39 is 152 Å². The molecule has 3 aliphatic heterocycles. The summed E-state index contributed by atoms with van der Waals surface area (Å²) in [6.45, 7) is 17.5. The Labute approximate surface area is 353 Å². The number of aliphatic hydroxyl groups excluding tert-OH is 7. The van der Waals surface area contributed by atoms with Gasteiger partial charge in [0, 0.05) is 6.54 Å². The Morgan fingerprint density at radius 3 is 1.30 bits per heavy atom. The van der Waals surface area contributed by atoms with Gasteiger partial charge in [0.25, 0.3) is 0 Å². The van der Waals surface area contributed by atoms with Crippen molar-refractivity contribution in [2.45, 2.75) is 198 Å². The van der Waals surface area contributed by atoms with Gasteiger partial charge in [-0.05, 0) is 83.1 Å². The van der Waals surface area contributed by atoms with Crippen molar-refractivity contribution in [3.8, 4) is 0 Å². The highest BCUT2D eigenvalue weighted by atomic mass is 16.7. The van der Waals surface area contributed by atoms with E-state index in [0.717, 1.165) is 0 Å². The van der Waals surface area contributed by atoms with Gasteiger partial charge < -0.3 is 89.0 Å². The standard InChI is InChI=1S/C37H66N4O20/c1-34(2,3)58-30(49)38-13-15-19(44)21(46)22(47)29(53-15)56-25-23(48)24(26(40-32(51)60-36(7,8)9)57-27(25)41-33(52)61-37(10,11)12)55-28-20(45)17(18(43)16(14-42)54-28)39-31(50)59-35(4,5)6/h15-29,42-48H,13-14H2,1-12H3,(H,38,49)(H,39,50)(H,40,51)(H,41,52)/t15?,16?,17-,18-,19-,20?,21?,22+,23?,24+,25+,26-,27?,28-,29-/m1/s1. The lowest BCUT2D eigenvalue weighted by Crippen LogP contribution is -2.71. The van der Waals surface area contributed by atoms with Gasteiger partial charge in [0.2, 0.25) is 0 Å². The molecule has 24 heteroatoms. The van der Waals surface area contributed by atoms with Gasteiger partial charge in [-0.3, -0.25) is 10.6 Å². The lowest BCUT2D eigenvalue weighted by atomic mass is 9.95. The van der Waals surface area contributed by atoms with Gasteiger partial charge in [0.05, 0.1) is 12.6 Å². The zero-order valence-corrected chi connectivity index (χ0v) is 36.5. The Morgan fingerprint density at radius 1 is 0.475 bits per heavy atom. The summed E-state index contributed by atoms with van der Waals surface area (Å²) in [7, 11) is 0. The minimum absolute atomic E-state index is 0.482. The zero-order valence-electron chi connectivity index (χ0n) is 36.5. The second-order valence-electron chi connectivity index (χ2n) is 18.7. The molecule has 3 heterocycles. The van der Waals surface area contributed by atoms with Crippen LogP contribution in [0.25, 0.3) is 0 Å². The van der Waals surface area contributed by atoms with E-state index in [2.05, 4.69) is 21.3 Å². The number of carbonyl (C=O) groups is 4. The molecule has 3 aliphatic rings. The molecule has 15 atom stereocenters. The molecule has 0 saturated carbocycles. The van der Waals surface area contributed by atoms with E-state index in [-0.39, 0.29) is 0 Å². The van der Waals surface area contributed by atoms with Crippen molar-refractivity contribution in [3.05, 3.63) is 0 Å². The summed E-state index contributed by atoms with van der Waals surface area (Å²) < 4.78 is 50.6. The molecule has 24 nitrogen and oxygen atoms in total. The quantitative estimate of drug-likeness (QED) is 0.111. The van der Waals surface area contributed by atoms with Gasteiger partial charge in [-0.25, -0.2) is 19.2 Å². The van der Waals surface area contributed by atoms with Crippen LogP contribution in [0.3, 0.4) is 0 Å². The summed E-state index contributed by atoms with van der Waals surface area (Å²) in [5.41, 5.74) is -4.04. The molecule has 3 fully saturated rings. The van der Waals surface area contributed by atoms with Crippen LogP contribution >= 0.6 is 0 Å². The highest BCUT2D eigenvalue weighted by molar-refractivity contribution is 5.69. The van der Waals surface area contributed by atoms with E-state index in [1.54, 1.807) is 83.1 Å². The van der Waals surface area contributed by atoms with Gasteiger partial charge >= 0.3 is 24.4 Å². The minimum atomic E-state index is -2.13. The van der Waals surface area contributed by atoms with Crippen LogP contribution in [-0.4, -0.2) is 188 Å². The molecule has 0 aromatic rings. The average molecular weight is 887 g/mol. The molecule has 6 unspecified atom stereocenters. The van der Waals surface area contributed by atoms with Gasteiger partial charge in [0.1, 0.15) is 83.4 Å². The maximum Gasteiger partial charge on any atom is 0.409 e. The molecular formula is C37H66N4O20.